The second kappa shape index (κ2) is 9.64. The molecule has 1 N–H and O–H groups in total. The molecule has 1 aromatic heterocycles. The SMILES string of the molecule is COc1ccc(-c2nc(CN3CCN(CN4C(=O)N[C@@]5(CCCC[C@@H]5C)C4=O)CC3)cs2)cc1. The van der Waals surface area contributed by atoms with E-state index in [9.17, 15) is 9.59 Å². The number of nitrogens with one attached hydrogen (secondary N) is 1. The van der Waals surface area contributed by atoms with Crippen molar-refractivity contribution in [1.29, 1.82) is 0 Å². The van der Waals surface area contributed by atoms with Gasteiger partial charge in [0.2, 0.25) is 0 Å². The van der Waals surface area contributed by atoms with Crippen LogP contribution in [0.1, 0.15) is 38.3 Å². The van der Waals surface area contributed by atoms with Gasteiger partial charge in [0.05, 0.1) is 19.5 Å². The Bertz CT molecular complexity index is 1030. The summed E-state index contributed by atoms with van der Waals surface area (Å²) in [4.78, 5) is 36.8. The third-order valence-corrected chi connectivity index (χ3v) is 8.52. The third-order valence-electron chi connectivity index (χ3n) is 7.58. The minimum absolute atomic E-state index is 0.0272. The Balaban J connectivity index is 1.13. The fourth-order valence-electron chi connectivity index (χ4n) is 5.39. The number of urea groups is 1. The molecule has 9 heteroatoms. The van der Waals surface area contributed by atoms with Crippen molar-refractivity contribution in [3.8, 4) is 16.3 Å². The summed E-state index contributed by atoms with van der Waals surface area (Å²) in [5.74, 6) is 1.01. The quantitative estimate of drug-likeness (QED) is 0.635. The van der Waals surface area contributed by atoms with Gasteiger partial charge in [0.15, 0.2) is 0 Å². The van der Waals surface area contributed by atoms with Gasteiger partial charge in [0.25, 0.3) is 5.91 Å². The smallest absolute Gasteiger partial charge is 0.326 e. The van der Waals surface area contributed by atoms with E-state index in [1.54, 1.807) is 18.4 Å². The van der Waals surface area contributed by atoms with Crippen molar-refractivity contribution in [1.82, 2.24) is 25.0 Å². The number of aromatic nitrogens is 1. The molecule has 2 saturated heterocycles. The molecule has 0 bridgehead atoms. The zero-order valence-corrected chi connectivity index (χ0v) is 20.8. The Morgan fingerprint density at radius 1 is 1.12 bits per heavy atom. The van der Waals surface area contributed by atoms with Crippen molar-refractivity contribution in [3.05, 3.63) is 35.3 Å². The van der Waals surface area contributed by atoms with Crippen LogP contribution in [0.2, 0.25) is 0 Å². The highest BCUT2D eigenvalue weighted by atomic mass is 32.1. The average molecular weight is 484 g/mol. The standard InChI is InChI=1S/C25H33N5O3S/c1-18-5-3-4-10-25(18)23(31)30(24(32)27-25)17-29-13-11-28(12-14-29)15-20-16-34-22(26-20)19-6-8-21(33-2)9-7-19/h6-9,16,18H,3-5,10-15,17H2,1-2H3,(H,27,32)/t18-,25+/m0/s1. The predicted molar refractivity (Wildman–Crippen MR) is 132 cm³/mol. The van der Waals surface area contributed by atoms with Gasteiger partial charge < -0.3 is 10.1 Å². The van der Waals surface area contributed by atoms with Crippen LogP contribution in [0.4, 0.5) is 4.79 Å². The molecule has 5 rings (SSSR count). The van der Waals surface area contributed by atoms with Crippen LogP contribution in [0.25, 0.3) is 10.6 Å². The lowest BCUT2D eigenvalue weighted by molar-refractivity contribution is -0.136. The normalized spacial score (nSPS) is 26.3. The van der Waals surface area contributed by atoms with E-state index in [2.05, 4.69) is 27.4 Å². The highest BCUT2D eigenvalue weighted by molar-refractivity contribution is 7.13. The zero-order valence-electron chi connectivity index (χ0n) is 20.0. The average Bonchev–Trinajstić information content (AvgIpc) is 3.41. The Morgan fingerprint density at radius 2 is 1.85 bits per heavy atom. The summed E-state index contributed by atoms with van der Waals surface area (Å²) in [6.45, 7) is 6.72. The van der Waals surface area contributed by atoms with E-state index in [0.29, 0.717) is 6.67 Å². The molecule has 3 amide bonds. The van der Waals surface area contributed by atoms with Crippen molar-refractivity contribution >= 4 is 23.3 Å². The summed E-state index contributed by atoms with van der Waals surface area (Å²) in [7, 11) is 1.67. The minimum atomic E-state index is -0.677. The first-order valence-corrected chi connectivity index (χ1v) is 13.0. The first-order chi connectivity index (χ1) is 16.5. The van der Waals surface area contributed by atoms with E-state index < -0.39 is 5.54 Å². The van der Waals surface area contributed by atoms with Gasteiger partial charge in [-0.2, -0.15) is 0 Å². The monoisotopic (exact) mass is 483 g/mol. The van der Waals surface area contributed by atoms with Crippen molar-refractivity contribution in [2.24, 2.45) is 5.92 Å². The number of imide groups is 1. The number of benzene rings is 1. The molecule has 3 heterocycles. The molecular formula is C25H33N5O3S. The molecule has 0 radical (unpaired) electrons. The van der Waals surface area contributed by atoms with Crippen LogP contribution < -0.4 is 10.1 Å². The molecule has 0 unspecified atom stereocenters. The van der Waals surface area contributed by atoms with Crippen LogP contribution in [0.3, 0.4) is 0 Å². The van der Waals surface area contributed by atoms with Crippen LogP contribution in [0, 0.1) is 5.92 Å². The van der Waals surface area contributed by atoms with E-state index in [0.717, 1.165) is 80.4 Å². The number of thiazole rings is 1. The summed E-state index contributed by atoms with van der Waals surface area (Å²) in [5, 5.41) is 6.20. The molecule has 2 aromatic rings. The first-order valence-electron chi connectivity index (χ1n) is 12.2. The van der Waals surface area contributed by atoms with Crippen molar-refractivity contribution in [2.75, 3.05) is 40.0 Å². The lowest BCUT2D eigenvalue weighted by Crippen LogP contribution is -2.55. The van der Waals surface area contributed by atoms with Crippen LogP contribution >= 0.6 is 11.3 Å². The Labute approximate surface area is 204 Å². The predicted octanol–water partition coefficient (Wildman–Crippen LogP) is 3.39. The number of nitrogens with zero attached hydrogens (tertiary/aromatic N) is 4. The molecular weight excluding hydrogens is 450 g/mol. The number of ether oxygens (including phenoxy) is 1. The summed E-state index contributed by atoms with van der Waals surface area (Å²) < 4.78 is 5.24. The maximum atomic E-state index is 13.2. The number of amides is 3. The number of methoxy groups -OCH3 is 1. The number of rotatable bonds is 6. The largest absolute Gasteiger partial charge is 0.497 e. The first kappa shape index (κ1) is 23.3. The van der Waals surface area contributed by atoms with Gasteiger partial charge in [0, 0.05) is 43.7 Å². The third kappa shape index (κ3) is 4.44. The van der Waals surface area contributed by atoms with Gasteiger partial charge in [-0.1, -0.05) is 19.8 Å². The van der Waals surface area contributed by atoms with E-state index in [-0.39, 0.29) is 17.9 Å². The molecule has 1 spiro atoms. The lowest BCUT2D eigenvalue weighted by Gasteiger charge is -2.38. The topological polar surface area (TPSA) is 78.0 Å². The van der Waals surface area contributed by atoms with E-state index in [1.165, 1.54) is 4.90 Å². The second-order valence-corrected chi connectivity index (χ2v) is 10.5. The highest BCUT2D eigenvalue weighted by Gasteiger charge is 2.55. The van der Waals surface area contributed by atoms with Gasteiger partial charge >= 0.3 is 6.03 Å². The molecule has 1 aromatic carbocycles. The Hall–Kier alpha value is -2.49. The van der Waals surface area contributed by atoms with Gasteiger partial charge in [-0.05, 0) is 43.0 Å². The molecule has 3 aliphatic rings. The zero-order chi connectivity index (χ0) is 23.7. The van der Waals surface area contributed by atoms with Gasteiger partial charge in [-0.25, -0.2) is 14.7 Å². The second-order valence-electron chi connectivity index (χ2n) is 9.69. The Kier molecular flexibility index (Phi) is 6.59. The fraction of sp³-hybridized carbons (Fsp3) is 0.560. The number of piperazine rings is 1. The summed E-state index contributed by atoms with van der Waals surface area (Å²) in [6, 6.07) is 7.76. The number of carbonyl (C=O) groups excluding carboxylic acids is 2. The number of carbonyl (C=O) groups is 2. The molecule has 2 atom stereocenters. The van der Waals surface area contributed by atoms with Crippen molar-refractivity contribution in [2.45, 2.75) is 44.7 Å². The fourth-order valence-corrected chi connectivity index (χ4v) is 6.20. The van der Waals surface area contributed by atoms with Crippen LogP contribution in [-0.2, 0) is 11.3 Å². The van der Waals surface area contributed by atoms with Gasteiger partial charge in [-0.15, -0.1) is 11.3 Å². The van der Waals surface area contributed by atoms with E-state index >= 15 is 0 Å². The number of hydrogen-bond acceptors (Lipinski definition) is 7. The molecule has 2 aliphatic heterocycles. The highest BCUT2D eigenvalue weighted by Crippen LogP contribution is 2.38. The summed E-state index contributed by atoms with van der Waals surface area (Å²) in [6.07, 6.45) is 3.89. The van der Waals surface area contributed by atoms with Crippen LogP contribution in [-0.4, -0.2) is 77.1 Å². The lowest BCUT2D eigenvalue weighted by atomic mass is 9.73. The molecule has 3 fully saturated rings. The summed E-state index contributed by atoms with van der Waals surface area (Å²) in [5.41, 5.74) is 1.50. The molecule has 182 valence electrons. The van der Waals surface area contributed by atoms with E-state index in [1.807, 2.05) is 24.3 Å². The van der Waals surface area contributed by atoms with Gasteiger partial charge in [-0.3, -0.25) is 14.6 Å². The summed E-state index contributed by atoms with van der Waals surface area (Å²) >= 11 is 1.66. The van der Waals surface area contributed by atoms with Crippen LogP contribution in [0.5, 0.6) is 5.75 Å². The maximum Gasteiger partial charge on any atom is 0.326 e. The number of hydrogen-bond donors (Lipinski definition) is 1. The molecule has 1 saturated carbocycles. The van der Waals surface area contributed by atoms with Crippen molar-refractivity contribution < 1.29 is 14.3 Å². The maximum absolute atomic E-state index is 13.2. The van der Waals surface area contributed by atoms with E-state index in [4.69, 9.17) is 9.72 Å². The van der Waals surface area contributed by atoms with Gasteiger partial charge in [0.1, 0.15) is 16.3 Å². The van der Waals surface area contributed by atoms with Crippen LogP contribution in [0.15, 0.2) is 29.6 Å². The van der Waals surface area contributed by atoms with Crippen molar-refractivity contribution in [3.63, 3.8) is 0 Å². The molecule has 34 heavy (non-hydrogen) atoms. The molecule has 8 nitrogen and oxygen atoms in total. The minimum Gasteiger partial charge on any atom is -0.497 e. The Morgan fingerprint density at radius 3 is 2.56 bits per heavy atom. The molecule has 1 aliphatic carbocycles.